The van der Waals surface area contributed by atoms with Gasteiger partial charge in [0.2, 0.25) is 0 Å². The number of hydrogen-bond acceptors (Lipinski definition) is 3. The van der Waals surface area contributed by atoms with Gasteiger partial charge in [0.25, 0.3) is 11.8 Å². The fourth-order valence-corrected chi connectivity index (χ4v) is 3.62. The van der Waals surface area contributed by atoms with E-state index < -0.39 is 23.4 Å². The predicted molar refractivity (Wildman–Crippen MR) is 120 cm³/mol. The van der Waals surface area contributed by atoms with Gasteiger partial charge < -0.3 is 5.32 Å². The van der Waals surface area contributed by atoms with Gasteiger partial charge in [0.1, 0.15) is 5.70 Å². The zero-order valence-corrected chi connectivity index (χ0v) is 18.1. The molecule has 7 heteroatoms. The maximum atomic E-state index is 13.7. The minimum absolute atomic E-state index is 0.0122. The van der Waals surface area contributed by atoms with E-state index in [0.717, 1.165) is 33.7 Å². The number of hydrogen-bond donors (Lipinski definition) is 1. The first-order valence-electron chi connectivity index (χ1n) is 9.89. The van der Waals surface area contributed by atoms with E-state index in [1.165, 1.54) is 6.07 Å². The molecule has 4 rings (SSSR count). The summed E-state index contributed by atoms with van der Waals surface area (Å²) in [4.78, 5) is 27.7. The third-order valence-corrected chi connectivity index (χ3v) is 5.66. The van der Waals surface area contributed by atoms with Gasteiger partial charge in [-0.25, -0.2) is 8.78 Å². The number of aryl methyl sites for hydroxylation is 2. The molecule has 3 aromatic rings. The molecule has 1 N–H and O–H groups in total. The predicted octanol–water partition coefficient (Wildman–Crippen LogP) is 5.63. The number of amides is 2. The zero-order chi connectivity index (χ0) is 23.0. The molecular weight excluding hydrogens is 434 g/mol. The van der Waals surface area contributed by atoms with Gasteiger partial charge in [-0.3, -0.25) is 14.5 Å². The van der Waals surface area contributed by atoms with Crippen molar-refractivity contribution in [3.8, 4) is 0 Å². The molecule has 162 valence electrons. The van der Waals surface area contributed by atoms with Gasteiger partial charge in [0.05, 0.1) is 12.1 Å². The summed E-state index contributed by atoms with van der Waals surface area (Å²) in [7, 11) is 0. The molecule has 1 aliphatic rings. The molecule has 0 radical (unpaired) electrons. The number of benzene rings is 3. The van der Waals surface area contributed by atoms with Gasteiger partial charge in [0, 0.05) is 16.8 Å². The van der Waals surface area contributed by atoms with E-state index in [2.05, 4.69) is 5.32 Å². The Morgan fingerprint density at radius 1 is 0.844 bits per heavy atom. The van der Waals surface area contributed by atoms with Crippen molar-refractivity contribution < 1.29 is 18.4 Å². The van der Waals surface area contributed by atoms with Crippen molar-refractivity contribution in [3.05, 3.63) is 105 Å². The second-order valence-corrected chi connectivity index (χ2v) is 8.06. The van der Waals surface area contributed by atoms with Crippen LogP contribution < -0.4 is 5.32 Å². The zero-order valence-electron chi connectivity index (χ0n) is 17.4. The lowest BCUT2D eigenvalue weighted by atomic mass is 9.99. The molecule has 0 saturated heterocycles. The van der Waals surface area contributed by atoms with E-state index in [4.69, 9.17) is 11.6 Å². The van der Waals surface area contributed by atoms with Crippen molar-refractivity contribution >= 4 is 34.7 Å². The second-order valence-electron chi connectivity index (χ2n) is 7.63. The molecule has 0 atom stereocenters. The van der Waals surface area contributed by atoms with Crippen LogP contribution in [0.3, 0.4) is 0 Å². The summed E-state index contributed by atoms with van der Waals surface area (Å²) in [5, 5.41) is 3.38. The van der Waals surface area contributed by atoms with Gasteiger partial charge in [-0.15, -0.1) is 0 Å². The van der Waals surface area contributed by atoms with Crippen molar-refractivity contribution in [1.29, 1.82) is 0 Å². The van der Waals surface area contributed by atoms with Crippen molar-refractivity contribution in [2.24, 2.45) is 0 Å². The first kappa shape index (κ1) is 21.7. The van der Waals surface area contributed by atoms with E-state index in [-0.39, 0.29) is 23.5 Å². The second kappa shape index (κ2) is 8.55. The number of anilines is 1. The summed E-state index contributed by atoms with van der Waals surface area (Å²) in [5.41, 5.74) is 3.64. The van der Waals surface area contributed by atoms with Crippen LogP contribution in [0, 0.1) is 25.5 Å². The summed E-state index contributed by atoms with van der Waals surface area (Å²) in [6.45, 7) is 3.91. The summed E-state index contributed by atoms with van der Waals surface area (Å²) in [6, 6.07) is 15.5. The maximum absolute atomic E-state index is 13.7. The van der Waals surface area contributed by atoms with Gasteiger partial charge in [-0.2, -0.15) is 0 Å². The Balaban J connectivity index is 1.76. The normalized spacial score (nSPS) is 13.8. The molecule has 0 spiro atoms. The maximum Gasteiger partial charge on any atom is 0.278 e. The van der Waals surface area contributed by atoms with Crippen molar-refractivity contribution in [3.63, 3.8) is 0 Å². The molecular formula is C25H19ClF2N2O2. The lowest BCUT2D eigenvalue weighted by Crippen LogP contribution is -2.32. The fourth-order valence-electron chi connectivity index (χ4n) is 3.49. The summed E-state index contributed by atoms with van der Waals surface area (Å²) in [5.74, 6) is -3.09. The van der Waals surface area contributed by atoms with Crippen molar-refractivity contribution in [2.45, 2.75) is 20.4 Å². The average Bonchev–Trinajstić information content (AvgIpc) is 2.98. The Bertz CT molecular complexity index is 1270. The fraction of sp³-hybridized carbons (Fsp3) is 0.120. The smallest absolute Gasteiger partial charge is 0.278 e. The molecule has 0 saturated carbocycles. The third-order valence-electron chi connectivity index (χ3n) is 5.41. The average molecular weight is 453 g/mol. The highest BCUT2D eigenvalue weighted by molar-refractivity contribution is 6.36. The Labute approximate surface area is 189 Å². The van der Waals surface area contributed by atoms with Crippen LogP contribution in [-0.4, -0.2) is 16.7 Å². The number of nitrogens with zero attached hydrogens (tertiary/aromatic N) is 1. The monoisotopic (exact) mass is 452 g/mol. The van der Waals surface area contributed by atoms with E-state index >= 15 is 0 Å². The van der Waals surface area contributed by atoms with E-state index in [1.807, 2.05) is 26.0 Å². The number of nitrogens with one attached hydrogen (secondary N) is 1. The summed E-state index contributed by atoms with van der Waals surface area (Å²) >= 11 is 5.93. The molecule has 3 aromatic carbocycles. The molecule has 0 fully saturated rings. The Morgan fingerprint density at radius 2 is 1.56 bits per heavy atom. The van der Waals surface area contributed by atoms with E-state index in [9.17, 15) is 18.4 Å². The van der Waals surface area contributed by atoms with E-state index in [1.54, 1.807) is 30.3 Å². The summed E-state index contributed by atoms with van der Waals surface area (Å²) < 4.78 is 27.1. The molecule has 0 aromatic heterocycles. The SMILES string of the molecule is Cc1ccc(C2=C(Nc3ccc(F)c(F)c3)C(=O)N(Cc3ccc(Cl)cc3)C2=O)cc1C. The molecule has 32 heavy (non-hydrogen) atoms. The largest absolute Gasteiger partial charge is 0.350 e. The Morgan fingerprint density at radius 3 is 2.22 bits per heavy atom. The van der Waals surface area contributed by atoms with Crippen LogP contribution in [0.25, 0.3) is 5.57 Å². The minimum atomic E-state index is -1.06. The minimum Gasteiger partial charge on any atom is -0.350 e. The first-order valence-corrected chi connectivity index (χ1v) is 10.3. The van der Waals surface area contributed by atoms with Gasteiger partial charge in [-0.05, 0) is 60.4 Å². The molecule has 0 unspecified atom stereocenters. The number of rotatable bonds is 5. The van der Waals surface area contributed by atoms with Crippen LogP contribution in [0.4, 0.5) is 14.5 Å². The highest BCUT2D eigenvalue weighted by atomic mass is 35.5. The number of carbonyl (C=O) groups is 2. The quantitative estimate of drug-likeness (QED) is 0.510. The lowest BCUT2D eigenvalue weighted by molar-refractivity contribution is -0.137. The van der Waals surface area contributed by atoms with Crippen molar-refractivity contribution in [2.75, 3.05) is 5.32 Å². The van der Waals surface area contributed by atoms with Gasteiger partial charge in [0.15, 0.2) is 11.6 Å². The highest BCUT2D eigenvalue weighted by Crippen LogP contribution is 2.32. The van der Waals surface area contributed by atoms with Crippen LogP contribution in [0.5, 0.6) is 0 Å². The molecule has 1 heterocycles. The third kappa shape index (κ3) is 4.14. The standard InChI is InChI=1S/C25H19ClF2N2O2/c1-14-3-6-17(11-15(14)2)22-23(29-19-9-10-20(27)21(28)12-19)25(32)30(24(22)31)13-16-4-7-18(26)8-5-16/h3-12,29H,13H2,1-2H3. The number of carbonyl (C=O) groups excluding carboxylic acids is 2. The molecule has 0 aliphatic carbocycles. The van der Waals surface area contributed by atoms with Gasteiger partial charge in [-0.1, -0.05) is 41.9 Å². The lowest BCUT2D eigenvalue weighted by Gasteiger charge is -2.15. The first-order chi connectivity index (χ1) is 15.2. The van der Waals surface area contributed by atoms with Crippen molar-refractivity contribution in [1.82, 2.24) is 4.90 Å². The van der Waals surface area contributed by atoms with Crippen LogP contribution in [-0.2, 0) is 16.1 Å². The Hall–Kier alpha value is -3.51. The molecule has 2 amide bonds. The van der Waals surface area contributed by atoms with Crippen LogP contribution in [0.2, 0.25) is 5.02 Å². The molecule has 4 nitrogen and oxygen atoms in total. The number of imide groups is 1. The molecule has 0 bridgehead atoms. The van der Waals surface area contributed by atoms with Crippen LogP contribution in [0.15, 0.2) is 66.4 Å². The van der Waals surface area contributed by atoms with E-state index in [0.29, 0.717) is 10.6 Å². The van der Waals surface area contributed by atoms with Gasteiger partial charge >= 0.3 is 0 Å². The van der Waals surface area contributed by atoms with Crippen LogP contribution in [0.1, 0.15) is 22.3 Å². The topological polar surface area (TPSA) is 49.4 Å². The summed E-state index contributed by atoms with van der Waals surface area (Å²) in [6.07, 6.45) is 0. The molecule has 1 aliphatic heterocycles. The number of halogens is 3. The highest BCUT2D eigenvalue weighted by Gasteiger charge is 2.39. The van der Waals surface area contributed by atoms with Crippen LogP contribution >= 0.6 is 11.6 Å². The Kier molecular flexibility index (Phi) is 5.80.